The first-order valence-electron chi connectivity index (χ1n) is 10.8. The van der Waals surface area contributed by atoms with Crippen LogP contribution in [0.15, 0.2) is 29.9 Å². The van der Waals surface area contributed by atoms with Gasteiger partial charge in [0.15, 0.2) is 5.13 Å². The van der Waals surface area contributed by atoms with Gasteiger partial charge in [-0.2, -0.15) is 0 Å². The van der Waals surface area contributed by atoms with Gasteiger partial charge in [0.05, 0.1) is 11.5 Å². The van der Waals surface area contributed by atoms with E-state index in [1.807, 2.05) is 22.8 Å². The van der Waals surface area contributed by atoms with Crippen molar-refractivity contribution in [3.8, 4) is 0 Å². The highest BCUT2D eigenvalue weighted by atomic mass is 32.1. The van der Waals surface area contributed by atoms with Gasteiger partial charge >= 0.3 is 0 Å². The number of pyridine rings is 1. The van der Waals surface area contributed by atoms with Gasteiger partial charge in [-0.05, 0) is 31.4 Å². The van der Waals surface area contributed by atoms with E-state index in [2.05, 4.69) is 15.3 Å². The standard InChI is InChI=1S/C22H27N5O3S/c1-2-8-27-14-17(12-19(27)28)21(30)26-9-5-15(6-10-26)18-4-3-16(13-24-18)20(29)25-22-23-7-11-31-22/h3-4,7,11,13,15,17H,2,5-6,8-10,12,14H2,1H3,(H,23,25,29). The maximum Gasteiger partial charge on any atom is 0.259 e. The minimum atomic E-state index is -0.224. The Balaban J connectivity index is 1.29. The second-order valence-electron chi connectivity index (χ2n) is 8.10. The number of amides is 3. The molecule has 4 heterocycles. The fraction of sp³-hybridized carbons (Fsp3) is 0.500. The van der Waals surface area contributed by atoms with E-state index in [-0.39, 0.29) is 29.6 Å². The summed E-state index contributed by atoms with van der Waals surface area (Å²) in [5.74, 6) is 0.0368. The average Bonchev–Trinajstić information content (AvgIpc) is 3.43. The Kier molecular flexibility index (Phi) is 6.60. The number of thiazole rings is 1. The fourth-order valence-electron chi connectivity index (χ4n) is 4.31. The van der Waals surface area contributed by atoms with Crippen LogP contribution in [0.5, 0.6) is 0 Å². The fourth-order valence-corrected chi connectivity index (χ4v) is 4.84. The number of carbonyl (C=O) groups excluding carboxylic acids is 3. The Morgan fingerprint density at radius 3 is 2.68 bits per heavy atom. The normalized spacial score (nSPS) is 19.6. The molecule has 2 aliphatic rings. The summed E-state index contributed by atoms with van der Waals surface area (Å²) in [5, 5.41) is 5.12. The molecule has 164 valence electrons. The lowest BCUT2D eigenvalue weighted by molar-refractivity contribution is -0.136. The molecule has 1 unspecified atom stereocenters. The van der Waals surface area contributed by atoms with E-state index in [4.69, 9.17) is 0 Å². The Morgan fingerprint density at radius 1 is 1.23 bits per heavy atom. The van der Waals surface area contributed by atoms with Crippen molar-refractivity contribution in [3.63, 3.8) is 0 Å². The molecule has 2 aliphatic heterocycles. The summed E-state index contributed by atoms with van der Waals surface area (Å²) >= 11 is 1.37. The predicted octanol–water partition coefficient (Wildman–Crippen LogP) is 2.75. The van der Waals surface area contributed by atoms with Gasteiger partial charge in [0.1, 0.15) is 0 Å². The van der Waals surface area contributed by atoms with Crippen molar-refractivity contribution >= 4 is 34.2 Å². The number of piperidine rings is 1. The molecule has 3 amide bonds. The van der Waals surface area contributed by atoms with Crippen molar-refractivity contribution in [2.24, 2.45) is 5.92 Å². The summed E-state index contributed by atoms with van der Waals surface area (Å²) in [6.45, 7) is 4.68. The number of carbonyl (C=O) groups is 3. The minimum Gasteiger partial charge on any atom is -0.342 e. The van der Waals surface area contributed by atoms with Gasteiger partial charge in [-0.15, -0.1) is 11.3 Å². The maximum absolute atomic E-state index is 12.9. The highest BCUT2D eigenvalue weighted by molar-refractivity contribution is 7.13. The van der Waals surface area contributed by atoms with Crippen molar-refractivity contribution in [2.45, 2.75) is 38.5 Å². The predicted molar refractivity (Wildman–Crippen MR) is 118 cm³/mol. The van der Waals surface area contributed by atoms with E-state index >= 15 is 0 Å². The van der Waals surface area contributed by atoms with Gasteiger partial charge < -0.3 is 9.80 Å². The molecule has 2 aromatic rings. The molecule has 2 fully saturated rings. The lowest BCUT2D eigenvalue weighted by atomic mass is 9.92. The molecule has 0 saturated carbocycles. The summed E-state index contributed by atoms with van der Waals surface area (Å²) < 4.78 is 0. The third kappa shape index (κ3) is 4.92. The number of hydrogen-bond acceptors (Lipinski definition) is 6. The molecular formula is C22H27N5O3S. The SMILES string of the molecule is CCCN1CC(C(=O)N2CCC(c3ccc(C(=O)Nc4nccs4)cn3)CC2)CC1=O. The van der Waals surface area contributed by atoms with Crippen LogP contribution in [0.3, 0.4) is 0 Å². The average molecular weight is 442 g/mol. The molecule has 1 N–H and O–H groups in total. The number of aromatic nitrogens is 2. The molecule has 9 heteroatoms. The van der Waals surface area contributed by atoms with Crippen LogP contribution in [0.25, 0.3) is 0 Å². The lowest BCUT2D eigenvalue weighted by Crippen LogP contribution is -2.42. The zero-order chi connectivity index (χ0) is 21.8. The van der Waals surface area contributed by atoms with Crippen LogP contribution in [0.2, 0.25) is 0 Å². The summed E-state index contributed by atoms with van der Waals surface area (Å²) in [7, 11) is 0. The smallest absolute Gasteiger partial charge is 0.259 e. The van der Waals surface area contributed by atoms with E-state index in [0.29, 0.717) is 36.8 Å². The third-order valence-electron chi connectivity index (χ3n) is 5.98. The number of rotatable bonds is 6. The Morgan fingerprint density at radius 2 is 2.03 bits per heavy atom. The topological polar surface area (TPSA) is 95.5 Å². The second kappa shape index (κ2) is 9.55. The second-order valence-corrected chi connectivity index (χ2v) is 9.00. The molecule has 4 rings (SSSR count). The monoisotopic (exact) mass is 441 g/mol. The third-order valence-corrected chi connectivity index (χ3v) is 6.67. The minimum absolute atomic E-state index is 0.0956. The Labute approximate surface area is 185 Å². The molecule has 8 nitrogen and oxygen atoms in total. The van der Waals surface area contributed by atoms with E-state index in [1.165, 1.54) is 11.3 Å². The van der Waals surface area contributed by atoms with Gasteiger partial charge in [0.25, 0.3) is 5.91 Å². The van der Waals surface area contributed by atoms with Crippen LogP contribution in [-0.2, 0) is 9.59 Å². The highest BCUT2D eigenvalue weighted by Gasteiger charge is 2.37. The molecule has 2 aromatic heterocycles. The van der Waals surface area contributed by atoms with E-state index in [0.717, 1.165) is 31.5 Å². The highest BCUT2D eigenvalue weighted by Crippen LogP contribution is 2.29. The first-order valence-corrected chi connectivity index (χ1v) is 11.7. The van der Waals surface area contributed by atoms with Gasteiger partial charge in [-0.1, -0.05) is 6.92 Å². The number of nitrogens with zero attached hydrogens (tertiary/aromatic N) is 4. The van der Waals surface area contributed by atoms with Gasteiger partial charge in [-0.3, -0.25) is 24.7 Å². The summed E-state index contributed by atoms with van der Waals surface area (Å²) in [4.78, 5) is 49.5. The van der Waals surface area contributed by atoms with Crippen molar-refractivity contribution in [2.75, 3.05) is 31.5 Å². The van der Waals surface area contributed by atoms with Crippen LogP contribution < -0.4 is 5.32 Å². The zero-order valence-electron chi connectivity index (χ0n) is 17.6. The van der Waals surface area contributed by atoms with Crippen molar-refractivity contribution in [3.05, 3.63) is 41.2 Å². The van der Waals surface area contributed by atoms with Crippen molar-refractivity contribution in [1.82, 2.24) is 19.8 Å². The first-order chi connectivity index (χ1) is 15.0. The number of likely N-dealkylation sites (tertiary alicyclic amines) is 2. The maximum atomic E-state index is 12.9. The van der Waals surface area contributed by atoms with E-state index in [1.54, 1.807) is 23.8 Å². The molecule has 0 aliphatic carbocycles. The van der Waals surface area contributed by atoms with Gasteiger partial charge in [0.2, 0.25) is 11.8 Å². The van der Waals surface area contributed by atoms with E-state index in [9.17, 15) is 14.4 Å². The van der Waals surface area contributed by atoms with Crippen molar-refractivity contribution in [1.29, 1.82) is 0 Å². The number of hydrogen-bond donors (Lipinski definition) is 1. The lowest BCUT2D eigenvalue weighted by Gasteiger charge is -2.33. The molecule has 31 heavy (non-hydrogen) atoms. The summed E-state index contributed by atoms with van der Waals surface area (Å²) in [5.41, 5.74) is 1.44. The van der Waals surface area contributed by atoms with Crippen LogP contribution in [0.4, 0.5) is 5.13 Å². The molecule has 0 aromatic carbocycles. The summed E-state index contributed by atoms with van der Waals surface area (Å²) in [6.07, 6.45) is 6.17. The van der Waals surface area contributed by atoms with Gasteiger partial charge in [-0.25, -0.2) is 4.98 Å². The molecule has 0 spiro atoms. The van der Waals surface area contributed by atoms with Crippen LogP contribution >= 0.6 is 11.3 Å². The first kappa shape index (κ1) is 21.4. The molecule has 0 bridgehead atoms. The molecule has 0 radical (unpaired) electrons. The molecular weight excluding hydrogens is 414 g/mol. The van der Waals surface area contributed by atoms with Crippen LogP contribution in [0, 0.1) is 5.92 Å². The zero-order valence-corrected chi connectivity index (χ0v) is 18.4. The van der Waals surface area contributed by atoms with Crippen LogP contribution in [-0.4, -0.2) is 63.7 Å². The van der Waals surface area contributed by atoms with Crippen LogP contribution in [0.1, 0.15) is 54.6 Å². The number of anilines is 1. The largest absolute Gasteiger partial charge is 0.342 e. The van der Waals surface area contributed by atoms with Gasteiger partial charge in [0, 0.05) is 62.0 Å². The Bertz CT molecular complexity index is 923. The molecule has 2 saturated heterocycles. The van der Waals surface area contributed by atoms with E-state index < -0.39 is 0 Å². The Hall–Kier alpha value is -2.81. The molecule has 1 atom stereocenters. The van der Waals surface area contributed by atoms with Crippen molar-refractivity contribution < 1.29 is 14.4 Å². The number of nitrogens with one attached hydrogen (secondary N) is 1. The quantitative estimate of drug-likeness (QED) is 0.744. The summed E-state index contributed by atoms with van der Waals surface area (Å²) in [6, 6.07) is 3.69.